The average molecular weight is 326 g/mol. The van der Waals surface area contributed by atoms with Crippen molar-refractivity contribution in [1.82, 2.24) is 14.9 Å². The summed E-state index contributed by atoms with van der Waals surface area (Å²) in [5, 5.41) is 7.33. The molecule has 2 aromatic rings. The van der Waals surface area contributed by atoms with Crippen molar-refractivity contribution in [2.45, 2.75) is 0 Å². The van der Waals surface area contributed by atoms with E-state index in [-0.39, 0.29) is 0 Å². The first-order chi connectivity index (χ1) is 10.1. The Labute approximate surface area is 134 Å². The summed E-state index contributed by atoms with van der Waals surface area (Å²) >= 11 is 12.2. The van der Waals surface area contributed by atoms with Crippen molar-refractivity contribution >= 4 is 40.7 Å². The lowest BCUT2D eigenvalue weighted by molar-refractivity contribution is 0.425. The maximum Gasteiger partial charge on any atom is 0.229 e. The van der Waals surface area contributed by atoms with Crippen LogP contribution < -0.4 is 10.6 Å². The van der Waals surface area contributed by atoms with Gasteiger partial charge in [0.1, 0.15) is 5.82 Å². The highest BCUT2D eigenvalue weighted by molar-refractivity contribution is 6.39. The lowest BCUT2D eigenvalue weighted by Gasteiger charge is -2.12. The molecule has 112 valence electrons. The fourth-order valence-corrected chi connectivity index (χ4v) is 2.15. The molecule has 0 unspecified atom stereocenters. The topological polar surface area (TPSA) is 53.1 Å². The Balaban J connectivity index is 2.07. The van der Waals surface area contributed by atoms with Gasteiger partial charge in [-0.15, -0.1) is 0 Å². The minimum absolute atomic E-state index is 0.444. The molecule has 0 amide bonds. The molecule has 1 aromatic carbocycles. The number of para-hydroxylation sites is 1. The largest absolute Gasteiger partial charge is 0.369 e. The van der Waals surface area contributed by atoms with Crippen LogP contribution in [0, 0.1) is 0 Å². The molecule has 1 heterocycles. The maximum atomic E-state index is 6.11. The first-order valence-electron chi connectivity index (χ1n) is 6.49. The summed E-state index contributed by atoms with van der Waals surface area (Å²) in [5.74, 6) is 1.19. The number of likely N-dealkylation sites (N-methyl/N-ethyl adjacent to an activating group) is 1. The zero-order chi connectivity index (χ0) is 15.2. The van der Waals surface area contributed by atoms with Crippen molar-refractivity contribution in [3.8, 4) is 0 Å². The number of benzene rings is 1. The highest BCUT2D eigenvalue weighted by atomic mass is 35.5. The fraction of sp³-hybridized carbons (Fsp3) is 0.286. The Kier molecular flexibility index (Phi) is 5.61. The molecule has 2 N–H and O–H groups in total. The molecule has 0 aliphatic heterocycles. The van der Waals surface area contributed by atoms with E-state index in [1.165, 1.54) is 0 Å². The van der Waals surface area contributed by atoms with Crippen molar-refractivity contribution in [3.63, 3.8) is 0 Å². The molecular weight excluding hydrogens is 309 g/mol. The summed E-state index contributed by atoms with van der Waals surface area (Å²) in [5.41, 5.74) is 0.603. The van der Waals surface area contributed by atoms with Crippen LogP contribution in [0.5, 0.6) is 0 Å². The Morgan fingerprint density at radius 1 is 1.14 bits per heavy atom. The number of rotatable bonds is 6. The van der Waals surface area contributed by atoms with E-state index in [0.717, 1.165) is 18.9 Å². The summed E-state index contributed by atoms with van der Waals surface area (Å²) < 4.78 is 0. The van der Waals surface area contributed by atoms with Crippen LogP contribution in [0.2, 0.25) is 10.0 Å². The standard InChI is InChI=1S/C14H17Cl2N5/c1-21(2)9-8-17-12-6-7-18-14(19-12)20-13-10(15)4-3-5-11(13)16/h3-7H,8-9H2,1-2H3,(H2,17,18,19,20). The summed E-state index contributed by atoms with van der Waals surface area (Å²) in [7, 11) is 4.04. The Morgan fingerprint density at radius 2 is 1.86 bits per heavy atom. The second-order valence-electron chi connectivity index (χ2n) is 4.72. The van der Waals surface area contributed by atoms with E-state index < -0.39 is 0 Å². The van der Waals surface area contributed by atoms with Crippen molar-refractivity contribution in [1.29, 1.82) is 0 Å². The van der Waals surface area contributed by atoms with E-state index in [4.69, 9.17) is 23.2 Å². The van der Waals surface area contributed by atoms with Crippen LogP contribution in [-0.4, -0.2) is 42.1 Å². The third kappa shape index (κ3) is 4.74. The Hall–Kier alpha value is -1.56. The number of nitrogens with zero attached hydrogens (tertiary/aromatic N) is 3. The molecule has 7 heteroatoms. The zero-order valence-corrected chi connectivity index (χ0v) is 13.4. The van der Waals surface area contributed by atoms with Gasteiger partial charge in [0.15, 0.2) is 0 Å². The van der Waals surface area contributed by atoms with Gasteiger partial charge < -0.3 is 15.5 Å². The third-order valence-corrected chi connectivity index (χ3v) is 3.35. The Morgan fingerprint density at radius 3 is 2.52 bits per heavy atom. The predicted octanol–water partition coefficient (Wildman–Crippen LogP) is 3.50. The van der Waals surface area contributed by atoms with Crippen molar-refractivity contribution < 1.29 is 0 Å². The molecule has 0 bridgehead atoms. The molecule has 0 radical (unpaired) electrons. The van der Waals surface area contributed by atoms with E-state index in [9.17, 15) is 0 Å². The summed E-state index contributed by atoms with van der Waals surface area (Å²) in [6.45, 7) is 1.72. The van der Waals surface area contributed by atoms with Gasteiger partial charge in [-0.2, -0.15) is 4.98 Å². The number of hydrogen-bond donors (Lipinski definition) is 2. The lowest BCUT2D eigenvalue weighted by atomic mass is 10.3. The molecule has 0 fully saturated rings. The first-order valence-corrected chi connectivity index (χ1v) is 7.24. The molecule has 0 saturated carbocycles. The second-order valence-corrected chi connectivity index (χ2v) is 5.53. The van der Waals surface area contributed by atoms with Crippen LogP contribution in [0.4, 0.5) is 17.5 Å². The van der Waals surface area contributed by atoms with E-state index in [0.29, 0.717) is 21.7 Å². The van der Waals surface area contributed by atoms with Crippen LogP contribution in [0.3, 0.4) is 0 Å². The summed E-state index contributed by atoms with van der Waals surface area (Å²) in [4.78, 5) is 10.6. The van der Waals surface area contributed by atoms with Gasteiger partial charge >= 0.3 is 0 Å². The molecule has 21 heavy (non-hydrogen) atoms. The molecule has 5 nitrogen and oxygen atoms in total. The van der Waals surface area contributed by atoms with Crippen LogP contribution in [0.25, 0.3) is 0 Å². The van der Waals surface area contributed by atoms with Crippen molar-refractivity contribution in [2.75, 3.05) is 37.8 Å². The smallest absolute Gasteiger partial charge is 0.229 e. The van der Waals surface area contributed by atoms with Gasteiger partial charge in [0.2, 0.25) is 5.95 Å². The van der Waals surface area contributed by atoms with E-state index in [2.05, 4.69) is 25.5 Å². The summed E-state index contributed by atoms with van der Waals surface area (Å²) in [6, 6.07) is 7.12. The van der Waals surface area contributed by atoms with Crippen molar-refractivity contribution in [2.24, 2.45) is 0 Å². The molecule has 0 aliphatic rings. The van der Waals surface area contributed by atoms with Gasteiger partial charge in [0, 0.05) is 19.3 Å². The monoisotopic (exact) mass is 325 g/mol. The number of nitrogens with one attached hydrogen (secondary N) is 2. The molecule has 0 aliphatic carbocycles. The van der Waals surface area contributed by atoms with Gasteiger partial charge in [0.25, 0.3) is 0 Å². The molecule has 0 saturated heterocycles. The van der Waals surface area contributed by atoms with Crippen molar-refractivity contribution in [3.05, 3.63) is 40.5 Å². The minimum Gasteiger partial charge on any atom is -0.369 e. The number of anilines is 3. The van der Waals surface area contributed by atoms with Gasteiger partial charge in [-0.05, 0) is 32.3 Å². The SMILES string of the molecule is CN(C)CCNc1ccnc(Nc2c(Cl)cccc2Cl)n1. The molecule has 0 atom stereocenters. The minimum atomic E-state index is 0.444. The quantitative estimate of drug-likeness (QED) is 0.851. The van der Waals surface area contributed by atoms with Gasteiger partial charge in [-0.3, -0.25) is 0 Å². The zero-order valence-electron chi connectivity index (χ0n) is 11.9. The highest BCUT2D eigenvalue weighted by Crippen LogP contribution is 2.31. The predicted molar refractivity (Wildman–Crippen MR) is 88.8 cm³/mol. The van der Waals surface area contributed by atoms with Crippen LogP contribution in [-0.2, 0) is 0 Å². The number of halogens is 2. The second kappa shape index (κ2) is 7.45. The van der Waals surface area contributed by atoms with Gasteiger partial charge in [-0.1, -0.05) is 29.3 Å². The fourth-order valence-electron chi connectivity index (χ4n) is 1.65. The van der Waals surface area contributed by atoms with E-state index >= 15 is 0 Å². The molecule has 1 aromatic heterocycles. The molecular formula is C14H17Cl2N5. The lowest BCUT2D eigenvalue weighted by Crippen LogP contribution is -2.21. The maximum absolute atomic E-state index is 6.11. The van der Waals surface area contributed by atoms with Crippen LogP contribution in [0.15, 0.2) is 30.5 Å². The Bertz CT molecular complexity index is 583. The van der Waals surface area contributed by atoms with E-state index in [1.807, 2.05) is 20.2 Å². The third-order valence-electron chi connectivity index (χ3n) is 2.72. The molecule has 0 spiro atoms. The normalized spacial score (nSPS) is 10.7. The van der Waals surface area contributed by atoms with Gasteiger partial charge in [-0.25, -0.2) is 4.98 Å². The molecule has 2 rings (SSSR count). The highest BCUT2D eigenvalue weighted by Gasteiger charge is 2.07. The van der Waals surface area contributed by atoms with Crippen LogP contribution >= 0.6 is 23.2 Å². The van der Waals surface area contributed by atoms with Crippen LogP contribution in [0.1, 0.15) is 0 Å². The number of hydrogen-bond acceptors (Lipinski definition) is 5. The first kappa shape index (κ1) is 15.8. The summed E-state index contributed by atoms with van der Waals surface area (Å²) in [6.07, 6.45) is 1.68. The average Bonchev–Trinajstić information content (AvgIpc) is 2.43. The number of aromatic nitrogens is 2. The van der Waals surface area contributed by atoms with E-state index in [1.54, 1.807) is 24.4 Å². The van der Waals surface area contributed by atoms with Gasteiger partial charge in [0.05, 0.1) is 15.7 Å².